The van der Waals surface area contributed by atoms with E-state index in [0.29, 0.717) is 17.3 Å². The molecule has 0 unspecified atom stereocenters. The van der Waals surface area contributed by atoms with Gasteiger partial charge in [-0.1, -0.05) is 17.7 Å². The van der Waals surface area contributed by atoms with Crippen molar-refractivity contribution < 1.29 is 9.53 Å². The Kier molecular flexibility index (Phi) is 4.15. The number of benzene rings is 1. The van der Waals surface area contributed by atoms with E-state index in [9.17, 15) is 4.79 Å². The molecule has 0 fully saturated rings. The number of rotatable bonds is 3. The molecule has 0 heterocycles. The highest BCUT2D eigenvalue weighted by atomic mass is 35.5. The van der Waals surface area contributed by atoms with E-state index in [0.717, 1.165) is 0 Å². The van der Waals surface area contributed by atoms with Gasteiger partial charge in [0.1, 0.15) is 5.75 Å². The fourth-order valence-corrected chi connectivity index (χ4v) is 1.17. The summed E-state index contributed by atoms with van der Waals surface area (Å²) < 4.78 is 5.04. The smallest absolute Gasteiger partial charge is 0.410 e. The third-order valence-corrected chi connectivity index (χ3v) is 2.19. The van der Waals surface area contributed by atoms with Crippen molar-refractivity contribution in [2.75, 3.05) is 6.54 Å². The van der Waals surface area contributed by atoms with Gasteiger partial charge in [-0.25, -0.2) is 4.79 Å². The zero-order valence-electron chi connectivity index (χ0n) is 9.29. The molecule has 0 saturated carbocycles. The fraction of sp³-hybridized carbons (Fsp3) is 0.364. The Morgan fingerprint density at radius 3 is 2.81 bits per heavy atom. The lowest BCUT2D eigenvalue weighted by atomic mass is 10.1. The Labute approximate surface area is 99.7 Å². The fourth-order valence-electron chi connectivity index (χ4n) is 0.990. The van der Waals surface area contributed by atoms with Crippen molar-refractivity contribution in [1.82, 2.24) is 5.32 Å². The molecule has 1 rings (SSSR count). The summed E-state index contributed by atoms with van der Waals surface area (Å²) in [7, 11) is 0. The van der Waals surface area contributed by atoms with E-state index in [1.807, 2.05) is 13.8 Å². The first-order valence-corrected chi connectivity index (χ1v) is 5.26. The molecule has 0 saturated heterocycles. The summed E-state index contributed by atoms with van der Waals surface area (Å²) in [5.74, 6) is 0.401. The number of ether oxygens (including phenoxy) is 1. The lowest BCUT2D eigenvalue weighted by Gasteiger charge is -2.23. The molecule has 16 heavy (non-hydrogen) atoms. The van der Waals surface area contributed by atoms with Gasteiger partial charge >= 0.3 is 6.09 Å². The Morgan fingerprint density at radius 2 is 2.25 bits per heavy atom. The predicted molar refractivity (Wildman–Crippen MR) is 63.7 cm³/mol. The van der Waals surface area contributed by atoms with Crippen LogP contribution in [0.15, 0.2) is 24.3 Å². The quantitative estimate of drug-likeness (QED) is 0.854. The first kappa shape index (κ1) is 12.8. The number of hydrogen-bond acceptors (Lipinski definition) is 3. The van der Waals surface area contributed by atoms with Crippen molar-refractivity contribution in [3.05, 3.63) is 29.3 Å². The molecule has 0 aliphatic carbocycles. The molecule has 88 valence electrons. The van der Waals surface area contributed by atoms with Gasteiger partial charge in [0, 0.05) is 17.1 Å². The Balaban J connectivity index is 2.59. The number of carbonyl (C=O) groups is 1. The number of carbonyl (C=O) groups excluding carboxylic acids is 1. The maximum absolute atomic E-state index is 11.5. The first-order valence-electron chi connectivity index (χ1n) is 4.88. The number of halogens is 1. The van der Waals surface area contributed by atoms with Crippen LogP contribution in [0, 0.1) is 0 Å². The van der Waals surface area contributed by atoms with Crippen LogP contribution in [0.2, 0.25) is 5.02 Å². The van der Waals surface area contributed by atoms with Gasteiger partial charge in [-0.3, -0.25) is 0 Å². The zero-order chi connectivity index (χ0) is 12.2. The van der Waals surface area contributed by atoms with E-state index in [1.54, 1.807) is 24.3 Å². The second kappa shape index (κ2) is 5.18. The summed E-state index contributed by atoms with van der Waals surface area (Å²) in [5, 5.41) is 3.16. The van der Waals surface area contributed by atoms with E-state index in [1.165, 1.54) is 0 Å². The maximum atomic E-state index is 11.5. The van der Waals surface area contributed by atoms with Crippen LogP contribution in [-0.2, 0) is 0 Å². The molecule has 1 aromatic carbocycles. The molecule has 0 atom stereocenters. The number of amides is 1. The van der Waals surface area contributed by atoms with Gasteiger partial charge in [0.2, 0.25) is 0 Å². The molecule has 5 heteroatoms. The van der Waals surface area contributed by atoms with Gasteiger partial charge in [-0.2, -0.15) is 0 Å². The van der Waals surface area contributed by atoms with Gasteiger partial charge in [-0.15, -0.1) is 0 Å². The minimum Gasteiger partial charge on any atom is -0.410 e. The van der Waals surface area contributed by atoms with Gasteiger partial charge in [0.25, 0.3) is 0 Å². The molecule has 0 aliphatic rings. The van der Waals surface area contributed by atoms with Crippen LogP contribution in [0.4, 0.5) is 4.79 Å². The maximum Gasteiger partial charge on any atom is 0.413 e. The Morgan fingerprint density at radius 1 is 1.56 bits per heavy atom. The van der Waals surface area contributed by atoms with Crippen molar-refractivity contribution in [3.8, 4) is 5.75 Å². The molecule has 1 amide bonds. The van der Waals surface area contributed by atoms with Crippen molar-refractivity contribution in [1.29, 1.82) is 0 Å². The van der Waals surface area contributed by atoms with Gasteiger partial charge in [0.15, 0.2) is 0 Å². The van der Waals surface area contributed by atoms with E-state index in [2.05, 4.69) is 5.32 Å². The summed E-state index contributed by atoms with van der Waals surface area (Å²) in [6.07, 6.45) is -0.544. The standard InChI is InChI=1S/C11H15ClN2O2/c1-11(2,7-13)14-10(15)16-9-5-3-4-8(12)6-9/h3-6H,7,13H2,1-2H3,(H,14,15). The molecular formula is C11H15ClN2O2. The third-order valence-electron chi connectivity index (χ3n) is 1.96. The summed E-state index contributed by atoms with van der Waals surface area (Å²) in [4.78, 5) is 11.5. The van der Waals surface area contributed by atoms with Crippen LogP contribution in [0.5, 0.6) is 5.75 Å². The highest BCUT2D eigenvalue weighted by Crippen LogP contribution is 2.17. The molecule has 4 nitrogen and oxygen atoms in total. The molecule has 0 aliphatic heterocycles. The molecule has 0 radical (unpaired) electrons. The van der Waals surface area contributed by atoms with Crippen LogP contribution in [-0.4, -0.2) is 18.2 Å². The Bertz CT molecular complexity index is 380. The highest BCUT2D eigenvalue weighted by Gasteiger charge is 2.19. The lowest BCUT2D eigenvalue weighted by Crippen LogP contribution is -2.49. The molecule has 3 N–H and O–H groups in total. The van der Waals surface area contributed by atoms with E-state index in [-0.39, 0.29) is 0 Å². The van der Waals surface area contributed by atoms with Gasteiger partial charge < -0.3 is 15.8 Å². The highest BCUT2D eigenvalue weighted by molar-refractivity contribution is 6.30. The zero-order valence-corrected chi connectivity index (χ0v) is 10.0. The van der Waals surface area contributed by atoms with Crippen LogP contribution in [0.25, 0.3) is 0 Å². The number of nitrogens with two attached hydrogens (primary N) is 1. The lowest BCUT2D eigenvalue weighted by molar-refractivity contribution is 0.189. The van der Waals surface area contributed by atoms with Gasteiger partial charge in [0.05, 0.1) is 0 Å². The average molecular weight is 243 g/mol. The van der Waals surface area contributed by atoms with Crippen LogP contribution in [0.3, 0.4) is 0 Å². The summed E-state index contributed by atoms with van der Waals surface area (Å²) >= 11 is 5.76. The molecule has 0 spiro atoms. The predicted octanol–water partition coefficient (Wildman–Crippen LogP) is 2.17. The molecule has 0 bridgehead atoms. The molecule has 0 aromatic heterocycles. The SMILES string of the molecule is CC(C)(CN)NC(=O)Oc1cccc(Cl)c1. The number of hydrogen-bond donors (Lipinski definition) is 2. The van der Waals surface area contributed by atoms with Crippen LogP contribution in [0.1, 0.15) is 13.8 Å². The van der Waals surface area contributed by atoms with Gasteiger partial charge in [-0.05, 0) is 32.0 Å². The molecular weight excluding hydrogens is 228 g/mol. The summed E-state index contributed by atoms with van der Waals surface area (Å²) in [6.45, 7) is 3.95. The summed E-state index contributed by atoms with van der Waals surface area (Å²) in [6, 6.07) is 6.63. The topological polar surface area (TPSA) is 64.3 Å². The normalized spacial score (nSPS) is 11.0. The van der Waals surface area contributed by atoms with E-state index < -0.39 is 11.6 Å². The second-order valence-corrected chi connectivity index (χ2v) is 4.50. The van der Waals surface area contributed by atoms with Crippen LogP contribution < -0.4 is 15.8 Å². The van der Waals surface area contributed by atoms with E-state index in [4.69, 9.17) is 22.1 Å². The van der Waals surface area contributed by atoms with Crippen molar-refractivity contribution in [2.45, 2.75) is 19.4 Å². The Hall–Kier alpha value is -1.26. The van der Waals surface area contributed by atoms with Crippen molar-refractivity contribution in [2.24, 2.45) is 5.73 Å². The first-order chi connectivity index (χ1) is 7.43. The van der Waals surface area contributed by atoms with Crippen molar-refractivity contribution >= 4 is 17.7 Å². The minimum absolute atomic E-state index is 0.331. The third kappa shape index (κ3) is 4.08. The monoisotopic (exact) mass is 242 g/mol. The minimum atomic E-state index is -0.544. The number of nitrogens with one attached hydrogen (secondary N) is 1. The van der Waals surface area contributed by atoms with E-state index >= 15 is 0 Å². The van der Waals surface area contributed by atoms with Crippen LogP contribution >= 0.6 is 11.6 Å². The van der Waals surface area contributed by atoms with Crippen molar-refractivity contribution in [3.63, 3.8) is 0 Å². The molecule has 1 aromatic rings. The summed E-state index contributed by atoms with van der Waals surface area (Å²) in [5.41, 5.74) is 4.99. The average Bonchev–Trinajstić information content (AvgIpc) is 2.16. The second-order valence-electron chi connectivity index (χ2n) is 4.06. The largest absolute Gasteiger partial charge is 0.413 e.